The Kier molecular flexibility index (Phi) is 6.66. The van der Waals surface area contributed by atoms with Crippen LogP contribution in [0.3, 0.4) is 0 Å². The van der Waals surface area contributed by atoms with Crippen molar-refractivity contribution in [2.75, 3.05) is 0 Å². The molecule has 0 aliphatic heterocycles. The molecular weight excluding hydrogens is 280 g/mol. The molecule has 0 aromatic heterocycles. The average Bonchev–Trinajstić information content (AvgIpc) is 2.39. The van der Waals surface area contributed by atoms with Crippen LogP contribution in [0, 0.1) is 5.92 Å². The van der Waals surface area contributed by atoms with E-state index in [-0.39, 0.29) is 24.1 Å². The van der Waals surface area contributed by atoms with E-state index in [1.807, 2.05) is 30.3 Å². The minimum absolute atomic E-state index is 0.221. The van der Waals surface area contributed by atoms with Gasteiger partial charge < -0.3 is 10.2 Å². The molecule has 0 aliphatic carbocycles. The van der Waals surface area contributed by atoms with Crippen LogP contribution in [-0.4, -0.2) is 31.2 Å². The highest BCUT2D eigenvalue weighted by molar-refractivity contribution is 7.66. The Labute approximate surface area is 120 Å². The van der Waals surface area contributed by atoms with Crippen molar-refractivity contribution in [3.63, 3.8) is 0 Å². The van der Waals surface area contributed by atoms with Gasteiger partial charge in [0.2, 0.25) is 0 Å². The van der Waals surface area contributed by atoms with E-state index in [4.69, 9.17) is 10.2 Å². The Morgan fingerprint density at radius 2 is 1.60 bits per heavy atom. The van der Waals surface area contributed by atoms with Gasteiger partial charge in [-0.1, -0.05) is 30.3 Å². The summed E-state index contributed by atoms with van der Waals surface area (Å²) in [4.78, 5) is 21.9. The molecule has 1 aromatic rings. The molecule has 1 aromatic carbocycles. The lowest BCUT2D eigenvalue weighted by atomic mass is 9.93. The minimum atomic E-state index is -1.09. The molecule has 6 heteroatoms. The Balaban J connectivity index is 2.72. The fraction of sp³-hybridized carbons (Fsp3) is 0.357. The summed E-state index contributed by atoms with van der Waals surface area (Å²) in [7, 11) is 0. The van der Waals surface area contributed by atoms with E-state index in [9.17, 15) is 13.8 Å². The maximum Gasteiger partial charge on any atom is 0.303 e. The topological polar surface area (TPSA) is 91.7 Å². The van der Waals surface area contributed by atoms with Crippen molar-refractivity contribution in [1.82, 2.24) is 0 Å². The highest BCUT2D eigenvalue weighted by Crippen LogP contribution is 2.15. The van der Waals surface area contributed by atoms with Gasteiger partial charge in [0.05, 0.1) is 24.1 Å². The van der Waals surface area contributed by atoms with E-state index in [0.29, 0.717) is 17.7 Å². The number of carboxylic acid groups (broad SMARTS) is 2. The van der Waals surface area contributed by atoms with Gasteiger partial charge in [0.25, 0.3) is 0 Å². The fourth-order valence-corrected chi connectivity index (χ4v) is 2.44. The summed E-state index contributed by atoms with van der Waals surface area (Å²) in [5, 5.41) is 17.6. The molecular formula is C14H16O5S. The molecule has 0 unspecified atom stereocenters. The lowest BCUT2D eigenvalue weighted by molar-refractivity contribution is -0.139. The molecule has 0 atom stereocenters. The number of carbonyl (C=O) groups is 2. The SMILES string of the molecule is O=S=C(CCc1ccccc1)C(CC(=O)O)CC(=O)O. The van der Waals surface area contributed by atoms with Crippen LogP contribution in [0.25, 0.3) is 0 Å². The van der Waals surface area contributed by atoms with Crippen LogP contribution < -0.4 is 0 Å². The van der Waals surface area contributed by atoms with Gasteiger partial charge in [0.1, 0.15) is 0 Å². The molecule has 1 rings (SSSR count). The van der Waals surface area contributed by atoms with Crippen molar-refractivity contribution < 1.29 is 24.0 Å². The van der Waals surface area contributed by atoms with Crippen LogP contribution in [0.15, 0.2) is 30.3 Å². The van der Waals surface area contributed by atoms with Crippen LogP contribution in [-0.2, 0) is 27.3 Å². The molecule has 20 heavy (non-hydrogen) atoms. The van der Waals surface area contributed by atoms with Crippen molar-refractivity contribution in [3.05, 3.63) is 35.9 Å². The van der Waals surface area contributed by atoms with Crippen LogP contribution in [0.5, 0.6) is 0 Å². The normalized spacial score (nSPS) is 10.2. The third-order valence-electron chi connectivity index (χ3n) is 2.91. The average molecular weight is 296 g/mol. The number of rotatable bonds is 8. The van der Waals surface area contributed by atoms with Crippen LogP contribution >= 0.6 is 0 Å². The summed E-state index contributed by atoms with van der Waals surface area (Å²) >= 11 is 0.221. The van der Waals surface area contributed by atoms with Crippen molar-refractivity contribution in [3.8, 4) is 0 Å². The molecule has 0 bridgehead atoms. The lowest BCUT2D eigenvalue weighted by Gasteiger charge is -2.13. The second-order valence-electron chi connectivity index (χ2n) is 4.43. The summed E-state index contributed by atoms with van der Waals surface area (Å²) in [5.74, 6) is -2.92. The van der Waals surface area contributed by atoms with E-state index in [1.165, 1.54) is 0 Å². The largest absolute Gasteiger partial charge is 0.481 e. The maximum atomic E-state index is 11.1. The molecule has 0 amide bonds. The molecule has 0 aliphatic rings. The van der Waals surface area contributed by atoms with Gasteiger partial charge in [-0.3, -0.25) is 9.59 Å². The van der Waals surface area contributed by atoms with Crippen LogP contribution in [0.1, 0.15) is 24.8 Å². The first kappa shape index (κ1) is 16.1. The highest BCUT2D eigenvalue weighted by atomic mass is 32.1. The van der Waals surface area contributed by atoms with E-state index < -0.39 is 17.9 Å². The van der Waals surface area contributed by atoms with Gasteiger partial charge >= 0.3 is 11.9 Å². The van der Waals surface area contributed by atoms with Gasteiger partial charge in [-0.15, -0.1) is 0 Å². The summed E-state index contributed by atoms with van der Waals surface area (Å²) in [5.41, 5.74) is 1.03. The second kappa shape index (κ2) is 8.27. The third-order valence-corrected chi connectivity index (χ3v) is 3.66. The van der Waals surface area contributed by atoms with E-state index in [0.717, 1.165) is 5.56 Å². The monoisotopic (exact) mass is 296 g/mol. The second-order valence-corrected chi connectivity index (χ2v) is 5.12. The molecule has 0 saturated carbocycles. The van der Waals surface area contributed by atoms with Crippen molar-refractivity contribution >= 4 is 28.1 Å². The van der Waals surface area contributed by atoms with Gasteiger partial charge in [0, 0.05) is 10.8 Å². The molecule has 2 N–H and O–H groups in total. The standard InChI is InChI=1S/C14H16O5S/c15-13(16)8-11(9-14(17)18)12(20-19)7-6-10-4-2-1-3-5-10/h1-5,11H,6-9H2,(H,15,16)(H,17,18). The van der Waals surface area contributed by atoms with Gasteiger partial charge in [-0.05, 0) is 18.4 Å². The molecule has 5 nitrogen and oxygen atoms in total. The molecule has 108 valence electrons. The molecule has 0 saturated heterocycles. The maximum absolute atomic E-state index is 11.1. The Morgan fingerprint density at radius 1 is 1.05 bits per heavy atom. The molecule has 0 radical (unpaired) electrons. The first-order chi connectivity index (χ1) is 9.52. The minimum Gasteiger partial charge on any atom is -0.481 e. The Hall–Kier alpha value is -1.95. The zero-order valence-corrected chi connectivity index (χ0v) is 11.6. The van der Waals surface area contributed by atoms with Crippen molar-refractivity contribution in [2.45, 2.75) is 25.7 Å². The Morgan fingerprint density at radius 3 is 2.05 bits per heavy atom. The van der Waals surface area contributed by atoms with Gasteiger partial charge in [0.15, 0.2) is 0 Å². The summed E-state index contributed by atoms with van der Waals surface area (Å²) in [6, 6.07) is 9.47. The lowest BCUT2D eigenvalue weighted by Crippen LogP contribution is -2.22. The van der Waals surface area contributed by atoms with Crippen LogP contribution in [0.2, 0.25) is 0 Å². The summed E-state index contributed by atoms with van der Waals surface area (Å²) in [6.45, 7) is 0. The van der Waals surface area contributed by atoms with E-state index >= 15 is 0 Å². The first-order valence-electron chi connectivity index (χ1n) is 6.16. The number of aliphatic carboxylic acids is 2. The first-order valence-corrected chi connectivity index (χ1v) is 6.90. The fourth-order valence-electron chi connectivity index (χ4n) is 1.95. The zero-order chi connectivity index (χ0) is 15.0. The molecule has 0 heterocycles. The molecule has 0 fully saturated rings. The quantitative estimate of drug-likeness (QED) is 0.710. The number of benzene rings is 1. The van der Waals surface area contributed by atoms with Gasteiger partial charge in [-0.25, -0.2) is 4.21 Å². The summed E-state index contributed by atoms with van der Waals surface area (Å²) in [6.07, 6.45) is 0.335. The molecule has 0 spiro atoms. The smallest absolute Gasteiger partial charge is 0.303 e. The number of aryl methyl sites for hydroxylation is 1. The van der Waals surface area contributed by atoms with E-state index in [1.54, 1.807) is 0 Å². The number of carboxylic acids is 2. The Bertz CT molecular complexity index is 504. The van der Waals surface area contributed by atoms with Crippen LogP contribution in [0.4, 0.5) is 0 Å². The predicted molar refractivity (Wildman–Crippen MR) is 75.9 cm³/mol. The highest BCUT2D eigenvalue weighted by Gasteiger charge is 2.22. The number of hydrogen-bond acceptors (Lipinski definition) is 3. The van der Waals surface area contributed by atoms with Crippen molar-refractivity contribution in [2.24, 2.45) is 5.92 Å². The van der Waals surface area contributed by atoms with Crippen molar-refractivity contribution in [1.29, 1.82) is 0 Å². The number of hydrogen-bond donors (Lipinski definition) is 2. The third kappa shape index (κ3) is 5.79. The van der Waals surface area contributed by atoms with Gasteiger partial charge in [-0.2, -0.15) is 0 Å². The summed E-state index contributed by atoms with van der Waals surface area (Å²) < 4.78 is 11.1. The zero-order valence-electron chi connectivity index (χ0n) is 10.8. The predicted octanol–water partition coefficient (Wildman–Crippen LogP) is 1.57. The van der Waals surface area contributed by atoms with E-state index in [2.05, 4.69) is 0 Å².